The van der Waals surface area contributed by atoms with Crippen LogP contribution in [0.3, 0.4) is 0 Å². The molecular weight excluding hydrogens is 399 g/mol. The molecule has 0 radical (unpaired) electrons. The summed E-state index contributed by atoms with van der Waals surface area (Å²) in [4.78, 5) is 36.9. The summed E-state index contributed by atoms with van der Waals surface area (Å²) in [6.45, 7) is 1.39. The van der Waals surface area contributed by atoms with Crippen molar-refractivity contribution in [1.82, 2.24) is 5.32 Å². The summed E-state index contributed by atoms with van der Waals surface area (Å²) in [5.74, 6) is -2.91. The van der Waals surface area contributed by atoms with Crippen molar-refractivity contribution in [3.63, 3.8) is 0 Å². The van der Waals surface area contributed by atoms with Gasteiger partial charge in [-0.15, -0.1) is 0 Å². The number of carbonyl (C=O) groups is 3. The molecule has 1 fully saturated rings. The number of carboxylic acid groups (broad SMARTS) is 1. The van der Waals surface area contributed by atoms with E-state index in [0.717, 1.165) is 4.90 Å². The molecular formula is C20H15FN2O5S. The first-order chi connectivity index (χ1) is 13.8. The second kappa shape index (κ2) is 8.19. The van der Waals surface area contributed by atoms with E-state index in [4.69, 9.17) is 22.1 Å². The normalized spacial score (nSPS) is 16.6. The van der Waals surface area contributed by atoms with Crippen LogP contribution in [0, 0.1) is 5.82 Å². The van der Waals surface area contributed by atoms with Gasteiger partial charge in [0.05, 0.1) is 5.69 Å². The lowest BCUT2D eigenvalue weighted by Crippen LogP contribution is -2.54. The van der Waals surface area contributed by atoms with Crippen molar-refractivity contribution in [3.8, 4) is 5.75 Å². The number of thiocarbonyl (C=S) groups is 1. The first kappa shape index (κ1) is 20.2. The van der Waals surface area contributed by atoms with Gasteiger partial charge in [-0.1, -0.05) is 24.3 Å². The van der Waals surface area contributed by atoms with Gasteiger partial charge in [-0.25, -0.2) is 14.1 Å². The highest BCUT2D eigenvalue weighted by Crippen LogP contribution is 2.25. The van der Waals surface area contributed by atoms with E-state index in [0.29, 0.717) is 11.3 Å². The van der Waals surface area contributed by atoms with E-state index < -0.39 is 29.7 Å². The maximum atomic E-state index is 14.1. The average molecular weight is 414 g/mol. The highest BCUT2D eigenvalue weighted by molar-refractivity contribution is 7.80. The van der Waals surface area contributed by atoms with Gasteiger partial charge in [0, 0.05) is 0 Å². The second-order valence-electron chi connectivity index (χ2n) is 6.08. The summed E-state index contributed by atoms with van der Waals surface area (Å²) in [5, 5.41) is 11.0. The lowest BCUT2D eigenvalue weighted by Gasteiger charge is -2.29. The van der Waals surface area contributed by atoms with E-state index in [1.807, 2.05) is 0 Å². The number of halogens is 1. The van der Waals surface area contributed by atoms with Crippen LogP contribution < -0.4 is 15.0 Å². The number of anilines is 1. The fourth-order valence-corrected chi connectivity index (χ4v) is 2.85. The summed E-state index contributed by atoms with van der Waals surface area (Å²) in [5.41, 5.74) is 0.189. The van der Waals surface area contributed by atoms with E-state index in [-0.39, 0.29) is 16.4 Å². The standard InChI is InChI=1S/C20H15FN2O5S/c1-11(19(26)27)28-13-8-6-12(7-9-13)10-14-17(24)22-20(29)23(18(14)25)16-5-3-2-4-15(16)21/h2-11H,1H3,(H,26,27)(H,22,24,29)/b14-10+. The van der Waals surface area contributed by atoms with Crippen LogP contribution in [0.15, 0.2) is 54.1 Å². The first-order valence-corrected chi connectivity index (χ1v) is 8.84. The van der Waals surface area contributed by atoms with Crippen molar-refractivity contribution in [3.05, 3.63) is 65.5 Å². The molecule has 3 rings (SSSR count). The largest absolute Gasteiger partial charge is 0.479 e. The van der Waals surface area contributed by atoms with Crippen LogP contribution in [0.25, 0.3) is 6.08 Å². The Bertz CT molecular complexity index is 1040. The fourth-order valence-electron chi connectivity index (χ4n) is 2.57. The molecule has 2 aromatic rings. The van der Waals surface area contributed by atoms with Crippen molar-refractivity contribution in [2.24, 2.45) is 0 Å². The number of hydrogen-bond acceptors (Lipinski definition) is 5. The zero-order valence-corrected chi connectivity index (χ0v) is 15.9. The Morgan fingerprint density at radius 1 is 1.21 bits per heavy atom. The molecule has 2 N–H and O–H groups in total. The number of rotatable bonds is 5. The number of nitrogens with zero attached hydrogens (tertiary/aromatic N) is 1. The zero-order valence-electron chi connectivity index (χ0n) is 15.1. The summed E-state index contributed by atoms with van der Waals surface area (Å²) in [6.07, 6.45) is 0.303. The molecule has 1 aliphatic rings. The van der Waals surface area contributed by atoms with Crippen molar-refractivity contribution in [2.45, 2.75) is 13.0 Å². The molecule has 1 aliphatic heterocycles. The van der Waals surface area contributed by atoms with Gasteiger partial charge in [-0.2, -0.15) is 0 Å². The lowest BCUT2D eigenvalue weighted by molar-refractivity contribution is -0.144. The highest BCUT2D eigenvalue weighted by Gasteiger charge is 2.35. The number of aliphatic carboxylic acids is 1. The molecule has 7 nitrogen and oxygen atoms in total. The number of hydrogen-bond donors (Lipinski definition) is 2. The molecule has 2 aromatic carbocycles. The zero-order chi connectivity index (χ0) is 21.1. The predicted molar refractivity (Wildman–Crippen MR) is 107 cm³/mol. The second-order valence-corrected chi connectivity index (χ2v) is 6.46. The Balaban J connectivity index is 1.89. The summed E-state index contributed by atoms with van der Waals surface area (Å²) >= 11 is 5.03. The maximum Gasteiger partial charge on any atom is 0.344 e. The lowest BCUT2D eigenvalue weighted by atomic mass is 10.1. The van der Waals surface area contributed by atoms with Gasteiger partial charge in [-0.3, -0.25) is 14.9 Å². The van der Waals surface area contributed by atoms with E-state index in [1.54, 1.807) is 18.2 Å². The molecule has 29 heavy (non-hydrogen) atoms. The molecule has 148 valence electrons. The maximum absolute atomic E-state index is 14.1. The third-order valence-corrected chi connectivity index (χ3v) is 4.33. The molecule has 2 amide bonds. The minimum atomic E-state index is -1.11. The molecule has 1 saturated heterocycles. The van der Waals surface area contributed by atoms with Gasteiger partial charge in [0.2, 0.25) is 0 Å². The monoisotopic (exact) mass is 414 g/mol. The minimum absolute atomic E-state index is 0.0696. The quantitative estimate of drug-likeness (QED) is 0.443. The molecule has 0 spiro atoms. The Morgan fingerprint density at radius 2 is 1.86 bits per heavy atom. The molecule has 0 saturated carbocycles. The molecule has 1 heterocycles. The fraction of sp³-hybridized carbons (Fsp3) is 0.100. The van der Waals surface area contributed by atoms with Crippen molar-refractivity contribution >= 4 is 46.9 Å². The van der Waals surface area contributed by atoms with E-state index >= 15 is 0 Å². The number of nitrogens with one attached hydrogen (secondary N) is 1. The molecule has 0 bridgehead atoms. The molecule has 1 atom stereocenters. The van der Waals surface area contributed by atoms with Gasteiger partial charge < -0.3 is 9.84 Å². The van der Waals surface area contributed by atoms with Crippen molar-refractivity contribution in [2.75, 3.05) is 4.90 Å². The predicted octanol–water partition coefficient (Wildman–Crippen LogP) is 2.51. The third kappa shape index (κ3) is 4.30. The van der Waals surface area contributed by atoms with Crippen molar-refractivity contribution in [1.29, 1.82) is 0 Å². The summed E-state index contributed by atoms with van der Waals surface area (Å²) < 4.78 is 19.4. The summed E-state index contributed by atoms with van der Waals surface area (Å²) in [6, 6.07) is 11.7. The van der Waals surface area contributed by atoms with Gasteiger partial charge in [0.15, 0.2) is 11.2 Å². The number of ether oxygens (including phenoxy) is 1. The number of carboxylic acids is 1. The van der Waals surface area contributed by atoms with Crippen molar-refractivity contribution < 1.29 is 28.6 Å². The smallest absolute Gasteiger partial charge is 0.344 e. The Labute approximate surface area is 170 Å². The minimum Gasteiger partial charge on any atom is -0.479 e. The number of benzene rings is 2. The van der Waals surface area contributed by atoms with Gasteiger partial charge in [-0.05, 0) is 55.0 Å². The van der Waals surface area contributed by atoms with Gasteiger partial charge >= 0.3 is 5.97 Å². The van der Waals surface area contributed by atoms with E-state index in [9.17, 15) is 18.8 Å². The Kier molecular flexibility index (Phi) is 5.69. The van der Waals surface area contributed by atoms with Gasteiger partial charge in [0.25, 0.3) is 11.8 Å². The van der Waals surface area contributed by atoms with Crippen LogP contribution in [0.5, 0.6) is 5.75 Å². The van der Waals surface area contributed by atoms with Crippen LogP contribution in [0.4, 0.5) is 10.1 Å². The van der Waals surface area contributed by atoms with E-state index in [1.165, 1.54) is 43.3 Å². The van der Waals surface area contributed by atoms with Crippen LogP contribution in [0.2, 0.25) is 0 Å². The average Bonchev–Trinajstić information content (AvgIpc) is 2.67. The van der Waals surface area contributed by atoms with Crippen LogP contribution >= 0.6 is 12.2 Å². The molecule has 0 aromatic heterocycles. The number of para-hydroxylation sites is 1. The van der Waals surface area contributed by atoms with Crippen LogP contribution in [-0.2, 0) is 14.4 Å². The SMILES string of the molecule is CC(Oc1ccc(/C=C2\C(=O)NC(=S)N(c3ccccc3F)C2=O)cc1)C(=O)O. The highest BCUT2D eigenvalue weighted by atomic mass is 32.1. The molecule has 1 unspecified atom stereocenters. The van der Waals surface area contributed by atoms with Crippen LogP contribution in [0.1, 0.15) is 12.5 Å². The topological polar surface area (TPSA) is 95.9 Å². The van der Waals surface area contributed by atoms with Gasteiger partial charge in [0.1, 0.15) is 17.1 Å². The summed E-state index contributed by atoms with van der Waals surface area (Å²) in [7, 11) is 0. The molecule has 0 aliphatic carbocycles. The third-order valence-electron chi connectivity index (χ3n) is 4.05. The Hall–Kier alpha value is -3.59. The molecule has 9 heteroatoms. The Morgan fingerprint density at radius 3 is 2.48 bits per heavy atom. The van der Waals surface area contributed by atoms with Crippen LogP contribution in [-0.4, -0.2) is 34.1 Å². The first-order valence-electron chi connectivity index (χ1n) is 8.43. The van der Waals surface area contributed by atoms with E-state index in [2.05, 4.69) is 5.32 Å². The number of carbonyl (C=O) groups excluding carboxylic acids is 2. The number of amides is 2.